The molecule has 0 spiro atoms. The van der Waals surface area contributed by atoms with E-state index < -0.39 is 48.9 Å². The average molecular weight is 267 g/mol. The van der Waals surface area contributed by atoms with E-state index in [0.29, 0.717) is 0 Å². The van der Waals surface area contributed by atoms with Gasteiger partial charge in [0.15, 0.2) is 12.2 Å². The molecule has 0 aromatic rings. The maximum Gasteiger partial charge on any atom is 0.333 e. The van der Waals surface area contributed by atoms with Crippen LogP contribution in [0.3, 0.4) is 0 Å². The maximum absolute atomic E-state index is 10.6. The van der Waals surface area contributed by atoms with Gasteiger partial charge in [0.1, 0.15) is 0 Å². The van der Waals surface area contributed by atoms with Crippen molar-refractivity contribution in [2.24, 2.45) is 0 Å². The van der Waals surface area contributed by atoms with Crippen molar-refractivity contribution >= 4 is 23.9 Å². The average Bonchev–Trinajstić information content (AvgIpc) is 2.13. The van der Waals surface area contributed by atoms with E-state index in [1.54, 1.807) is 0 Å². The fourth-order valence-electron chi connectivity index (χ4n) is 0.903. The lowest BCUT2D eigenvalue weighted by molar-refractivity contribution is -0.172. The lowest BCUT2D eigenvalue weighted by Crippen LogP contribution is -2.36. The van der Waals surface area contributed by atoms with Gasteiger partial charge in [-0.25, -0.2) is 9.59 Å². The number of hydrogen-bond acceptors (Lipinski definition) is 6. The van der Waals surface area contributed by atoms with Gasteiger partial charge in [0.2, 0.25) is 0 Å². The molecule has 0 aliphatic heterocycles. The van der Waals surface area contributed by atoms with Gasteiger partial charge in [-0.15, -0.1) is 0 Å². The highest BCUT2D eigenvalue weighted by Crippen LogP contribution is 2.08. The molecule has 0 aliphatic carbocycles. The summed E-state index contributed by atoms with van der Waals surface area (Å²) in [7, 11) is 0. The maximum atomic E-state index is 10.6. The summed E-state index contributed by atoms with van der Waals surface area (Å²) in [5.41, 5.74) is 0. The van der Waals surface area contributed by atoms with E-state index in [1.165, 1.54) is 0 Å². The molecule has 0 bridgehead atoms. The summed E-state index contributed by atoms with van der Waals surface area (Å²) in [5.74, 6) is -6.36. The molecule has 0 radical (unpaired) electrons. The molecule has 10 nitrogen and oxygen atoms in total. The predicted octanol–water partition coefficient (Wildman–Crippen LogP) is -0.979. The molecule has 0 aliphatic rings. The van der Waals surface area contributed by atoms with Gasteiger partial charge >= 0.3 is 23.9 Å². The normalized spacial score (nSPS) is 12.9. The molecule has 18 heavy (non-hydrogen) atoms. The minimum Gasteiger partial charge on any atom is -0.481 e. The van der Waals surface area contributed by atoms with Crippen LogP contribution in [0.2, 0.25) is 0 Å². The van der Waals surface area contributed by atoms with Gasteiger partial charge in [0.25, 0.3) is 0 Å². The SMILES string of the molecule is N.O=C(O)CC(OC(CC(=O)O)C(=O)O)C(=O)O. The third kappa shape index (κ3) is 7.14. The van der Waals surface area contributed by atoms with Gasteiger partial charge in [-0.05, 0) is 0 Å². The van der Waals surface area contributed by atoms with Crippen LogP contribution in [0.25, 0.3) is 0 Å². The standard InChI is InChI=1S/C8H10O9.H3N/c9-5(10)1-3(7(13)14)17-4(8(15)16)2-6(11)12;/h3-4H,1-2H2,(H,9,10)(H,11,12)(H,13,14)(H,15,16);1H3. The zero-order valence-corrected chi connectivity index (χ0v) is 9.11. The Morgan fingerprint density at radius 3 is 1.22 bits per heavy atom. The van der Waals surface area contributed by atoms with E-state index >= 15 is 0 Å². The molecule has 2 atom stereocenters. The number of hydrogen-bond donors (Lipinski definition) is 5. The van der Waals surface area contributed by atoms with E-state index in [2.05, 4.69) is 4.74 Å². The number of carboxylic acids is 4. The quantitative estimate of drug-likeness (QED) is 0.364. The van der Waals surface area contributed by atoms with Crippen molar-refractivity contribution in [3.8, 4) is 0 Å². The Morgan fingerprint density at radius 2 is 1.06 bits per heavy atom. The molecule has 10 heteroatoms. The smallest absolute Gasteiger partial charge is 0.333 e. The highest BCUT2D eigenvalue weighted by atomic mass is 16.5. The molecule has 104 valence electrons. The fourth-order valence-corrected chi connectivity index (χ4v) is 0.903. The summed E-state index contributed by atoms with van der Waals surface area (Å²) in [6.07, 6.45) is -5.74. The number of carboxylic acid groups (broad SMARTS) is 4. The van der Waals surface area contributed by atoms with E-state index in [0.717, 1.165) is 0 Å². The molecule has 2 unspecified atom stereocenters. The topological polar surface area (TPSA) is 193 Å². The minimum absolute atomic E-state index is 0. The lowest BCUT2D eigenvalue weighted by Gasteiger charge is -2.16. The molecule has 0 saturated carbocycles. The van der Waals surface area contributed by atoms with Gasteiger partial charge in [-0.1, -0.05) is 0 Å². The summed E-state index contributed by atoms with van der Waals surface area (Å²) < 4.78 is 4.43. The molecule has 0 amide bonds. The Morgan fingerprint density at radius 1 is 0.778 bits per heavy atom. The third-order valence-electron chi connectivity index (χ3n) is 1.60. The van der Waals surface area contributed by atoms with Crippen LogP contribution in [0.15, 0.2) is 0 Å². The molecule has 0 aromatic carbocycles. The van der Waals surface area contributed by atoms with Crippen LogP contribution >= 0.6 is 0 Å². The van der Waals surface area contributed by atoms with Crippen LogP contribution in [0, 0.1) is 0 Å². The minimum atomic E-state index is -1.91. The highest BCUT2D eigenvalue weighted by Gasteiger charge is 2.30. The molecule has 0 aromatic heterocycles. The first-order chi connectivity index (χ1) is 7.73. The zero-order chi connectivity index (χ0) is 13.6. The third-order valence-corrected chi connectivity index (χ3v) is 1.60. The molecular formula is C8H13NO9. The van der Waals surface area contributed by atoms with Crippen molar-refractivity contribution < 1.29 is 44.3 Å². The molecule has 0 rings (SSSR count). The van der Waals surface area contributed by atoms with Crippen LogP contribution in [0.1, 0.15) is 12.8 Å². The summed E-state index contributed by atoms with van der Waals surface area (Å²) in [5, 5.41) is 33.8. The number of aliphatic carboxylic acids is 4. The van der Waals surface area contributed by atoms with Gasteiger partial charge in [0.05, 0.1) is 12.8 Å². The van der Waals surface area contributed by atoms with Crippen molar-refractivity contribution in [2.45, 2.75) is 25.0 Å². The van der Waals surface area contributed by atoms with Crippen molar-refractivity contribution in [2.75, 3.05) is 0 Å². The van der Waals surface area contributed by atoms with Crippen molar-refractivity contribution in [1.82, 2.24) is 6.15 Å². The largest absolute Gasteiger partial charge is 0.481 e. The number of ether oxygens (including phenoxy) is 1. The van der Waals surface area contributed by atoms with Crippen LogP contribution in [0.5, 0.6) is 0 Å². The molecule has 0 saturated heterocycles. The molecule has 0 heterocycles. The Bertz CT molecular complexity index is 307. The van der Waals surface area contributed by atoms with Gasteiger partial charge < -0.3 is 31.3 Å². The van der Waals surface area contributed by atoms with Gasteiger partial charge in [-0.3, -0.25) is 9.59 Å². The highest BCUT2D eigenvalue weighted by molar-refractivity contribution is 5.82. The summed E-state index contributed by atoms with van der Waals surface area (Å²) in [6, 6.07) is 0. The lowest BCUT2D eigenvalue weighted by atomic mass is 10.2. The van der Waals surface area contributed by atoms with E-state index in [4.69, 9.17) is 20.4 Å². The van der Waals surface area contributed by atoms with Gasteiger partial charge in [0, 0.05) is 0 Å². The first-order valence-corrected chi connectivity index (χ1v) is 4.28. The van der Waals surface area contributed by atoms with Crippen LogP contribution in [0.4, 0.5) is 0 Å². The summed E-state index contributed by atoms with van der Waals surface area (Å²) in [4.78, 5) is 41.7. The first-order valence-electron chi connectivity index (χ1n) is 4.28. The second kappa shape index (κ2) is 7.97. The van der Waals surface area contributed by atoms with E-state index in [9.17, 15) is 19.2 Å². The summed E-state index contributed by atoms with van der Waals surface area (Å²) >= 11 is 0. The van der Waals surface area contributed by atoms with Crippen molar-refractivity contribution in [1.29, 1.82) is 0 Å². The monoisotopic (exact) mass is 267 g/mol. The Labute approximate surface area is 100 Å². The van der Waals surface area contributed by atoms with E-state index in [-0.39, 0.29) is 6.15 Å². The van der Waals surface area contributed by atoms with Crippen molar-refractivity contribution in [3.63, 3.8) is 0 Å². The Balaban J connectivity index is 0. The summed E-state index contributed by atoms with van der Waals surface area (Å²) in [6.45, 7) is 0. The Kier molecular flexibility index (Phi) is 8.05. The number of rotatable bonds is 8. The number of carbonyl (C=O) groups is 4. The van der Waals surface area contributed by atoms with Crippen LogP contribution in [-0.4, -0.2) is 56.5 Å². The van der Waals surface area contributed by atoms with Crippen molar-refractivity contribution in [3.05, 3.63) is 0 Å². The molecule has 0 fully saturated rings. The second-order valence-corrected chi connectivity index (χ2v) is 2.99. The fraction of sp³-hybridized carbons (Fsp3) is 0.500. The Hall–Kier alpha value is -2.20. The van der Waals surface area contributed by atoms with Crippen LogP contribution < -0.4 is 6.15 Å². The zero-order valence-electron chi connectivity index (χ0n) is 9.11. The predicted molar refractivity (Wildman–Crippen MR) is 53.5 cm³/mol. The molecule has 7 N–H and O–H groups in total. The second-order valence-electron chi connectivity index (χ2n) is 2.99. The molecular weight excluding hydrogens is 254 g/mol. The van der Waals surface area contributed by atoms with E-state index in [1.807, 2.05) is 0 Å². The van der Waals surface area contributed by atoms with Crippen LogP contribution in [-0.2, 0) is 23.9 Å². The first kappa shape index (κ1) is 18.2. The van der Waals surface area contributed by atoms with Gasteiger partial charge in [-0.2, -0.15) is 0 Å².